The summed E-state index contributed by atoms with van der Waals surface area (Å²) in [5.74, 6) is 0.315. The van der Waals surface area contributed by atoms with E-state index in [-0.39, 0.29) is 0 Å². The van der Waals surface area contributed by atoms with Crippen molar-refractivity contribution >= 4 is 17.5 Å². The molecular formula is C7H8N4OS. The minimum Gasteiger partial charge on any atom is -0.740 e. The molecule has 0 radical (unpaired) electrons. The van der Waals surface area contributed by atoms with Crippen molar-refractivity contribution in [1.82, 2.24) is 14.6 Å². The molecule has 2 rings (SSSR count). The second-order valence-electron chi connectivity index (χ2n) is 2.67. The van der Waals surface area contributed by atoms with Gasteiger partial charge < -0.3 is 5.21 Å². The smallest absolute Gasteiger partial charge is 0.426 e. The lowest BCUT2D eigenvalue weighted by atomic mass is 10.4. The molecule has 0 aliphatic heterocycles. The Balaban J connectivity index is 2.75. The van der Waals surface area contributed by atoms with Crippen molar-refractivity contribution in [2.45, 2.75) is 12.1 Å². The largest absolute Gasteiger partial charge is 0.740 e. The zero-order chi connectivity index (χ0) is 9.42. The predicted molar refractivity (Wildman–Crippen MR) is 48.5 cm³/mol. The average molecular weight is 196 g/mol. The molecule has 6 heteroatoms. The van der Waals surface area contributed by atoms with E-state index in [1.165, 1.54) is 22.5 Å². The summed E-state index contributed by atoms with van der Waals surface area (Å²) in [6, 6.07) is 0. The second kappa shape index (κ2) is 2.88. The van der Waals surface area contributed by atoms with Crippen LogP contribution in [-0.2, 0) is 0 Å². The van der Waals surface area contributed by atoms with Gasteiger partial charge in [0.05, 0.1) is 12.4 Å². The molecule has 13 heavy (non-hydrogen) atoms. The predicted octanol–water partition coefficient (Wildman–Crippen LogP) is 0.393. The molecule has 0 bridgehead atoms. The van der Waals surface area contributed by atoms with Crippen LogP contribution in [-0.4, -0.2) is 20.9 Å². The number of rotatable bonds is 1. The van der Waals surface area contributed by atoms with E-state index in [2.05, 4.69) is 10.1 Å². The molecule has 0 aromatic carbocycles. The van der Waals surface area contributed by atoms with E-state index >= 15 is 0 Å². The van der Waals surface area contributed by atoms with Crippen molar-refractivity contribution in [1.29, 1.82) is 0 Å². The summed E-state index contributed by atoms with van der Waals surface area (Å²) in [6.45, 7) is 1.84. The van der Waals surface area contributed by atoms with Gasteiger partial charge in [-0.3, -0.25) is 0 Å². The van der Waals surface area contributed by atoms with Crippen LogP contribution in [0.3, 0.4) is 0 Å². The molecule has 2 aromatic rings. The molecule has 0 aliphatic rings. The van der Waals surface area contributed by atoms with Crippen LogP contribution in [0.2, 0.25) is 0 Å². The fraction of sp³-hybridized carbons (Fsp3) is 0.286. The Hall–Kier alpha value is -1.30. The van der Waals surface area contributed by atoms with E-state index in [0.717, 1.165) is 10.3 Å². The van der Waals surface area contributed by atoms with Crippen molar-refractivity contribution < 1.29 is 4.73 Å². The Labute approximate surface area is 79.0 Å². The highest BCUT2D eigenvalue weighted by Gasteiger charge is 2.12. The van der Waals surface area contributed by atoms with Crippen LogP contribution >= 0.6 is 11.8 Å². The molecule has 0 saturated carbocycles. The molecule has 5 nitrogen and oxygen atoms in total. The van der Waals surface area contributed by atoms with Gasteiger partial charge in [0, 0.05) is 5.56 Å². The Morgan fingerprint density at radius 1 is 1.62 bits per heavy atom. The fourth-order valence-corrected chi connectivity index (χ4v) is 1.43. The molecule has 0 fully saturated rings. The Kier molecular flexibility index (Phi) is 1.84. The van der Waals surface area contributed by atoms with E-state index in [4.69, 9.17) is 0 Å². The van der Waals surface area contributed by atoms with Gasteiger partial charge in [-0.1, -0.05) is 16.9 Å². The van der Waals surface area contributed by atoms with Crippen molar-refractivity contribution in [3.05, 3.63) is 23.2 Å². The number of thioether (sulfide) groups is 1. The highest BCUT2D eigenvalue weighted by molar-refractivity contribution is 7.98. The van der Waals surface area contributed by atoms with Crippen LogP contribution in [0.4, 0.5) is 0 Å². The lowest BCUT2D eigenvalue weighted by Crippen LogP contribution is -2.29. The molecule has 2 heterocycles. The molecule has 0 saturated heterocycles. The SMILES string of the molecule is CSc1nc2n(cc(C)c[n+]2[O-])n1. The average Bonchev–Trinajstić information content (AvgIpc) is 2.47. The van der Waals surface area contributed by atoms with Crippen LogP contribution in [0, 0.1) is 12.1 Å². The number of hydrogen-bond acceptors (Lipinski definition) is 4. The molecule has 68 valence electrons. The lowest BCUT2D eigenvalue weighted by Gasteiger charge is -2.01. The van der Waals surface area contributed by atoms with Gasteiger partial charge in [0.25, 0.3) is 5.16 Å². The number of aromatic nitrogens is 4. The summed E-state index contributed by atoms with van der Waals surface area (Å²) in [7, 11) is 0. The van der Waals surface area contributed by atoms with Gasteiger partial charge in [0.15, 0.2) is 0 Å². The molecule has 0 spiro atoms. The van der Waals surface area contributed by atoms with Crippen molar-refractivity contribution in [2.75, 3.05) is 6.26 Å². The van der Waals surface area contributed by atoms with Gasteiger partial charge in [-0.05, 0) is 18.2 Å². The first-order chi connectivity index (χ1) is 6.20. The number of aryl methyl sites for hydroxylation is 1. The summed E-state index contributed by atoms with van der Waals surface area (Å²) in [4.78, 5) is 4.04. The van der Waals surface area contributed by atoms with Gasteiger partial charge in [0.1, 0.15) is 0 Å². The molecule has 0 atom stereocenters. The summed E-state index contributed by atoms with van der Waals surface area (Å²) in [5, 5.41) is 16.0. The lowest BCUT2D eigenvalue weighted by molar-refractivity contribution is -0.583. The zero-order valence-electron chi connectivity index (χ0n) is 7.26. The minimum absolute atomic E-state index is 0.315. The van der Waals surface area contributed by atoms with Crippen LogP contribution < -0.4 is 4.73 Å². The first-order valence-corrected chi connectivity index (χ1v) is 4.93. The van der Waals surface area contributed by atoms with Crippen molar-refractivity contribution in [3.63, 3.8) is 0 Å². The molecule has 0 N–H and O–H groups in total. The standard InChI is InChI=1S/C7H8N4OS/c1-5-3-10-7(11(12)4-5)8-6(9-10)13-2/h3-4H,1-2H3. The van der Waals surface area contributed by atoms with Crippen molar-refractivity contribution in [2.24, 2.45) is 0 Å². The minimum atomic E-state index is 0.315. The second-order valence-corrected chi connectivity index (χ2v) is 3.44. The van der Waals surface area contributed by atoms with Crippen LogP contribution in [0.1, 0.15) is 5.56 Å². The Morgan fingerprint density at radius 2 is 2.38 bits per heavy atom. The van der Waals surface area contributed by atoms with E-state index < -0.39 is 0 Å². The van der Waals surface area contributed by atoms with E-state index in [0.29, 0.717) is 10.9 Å². The van der Waals surface area contributed by atoms with E-state index in [1.807, 2.05) is 13.2 Å². The van der Waals surface area contributed by atoms with Crippen LogP contribution in [0.5, 0.6) is 0 Å². The Morgan fingerprint density at radius 3 is 3.08 bits per heavy atom. The molecule has 0 unspecified atom stereocenters. The maximum atomic E-state index is 11.3. The number of nitrogens with zero attached hydrogens (tertiary/aromatic N) is 4. The summed E-state index contributed by atoms with van der Waals surface area (Å²) < 4.78 is 2.22. The number of hydrogen-bond donors (Lipinski definition) is 0. The van der Waals surface area contributed by atoms with Gasteiger partial charge in [0.2, 0.25) is 0 Å². The third-order valence-electron chi connectivity index (χ3n) is 1.62. The summed E-state index contributed by atoms with van der Waals surface area (Å²) in [6.07, 6.45) is 5.13. The first kappa shape index (κ1) is 8.31. The highest BCUT2D eigenvalue weighted by Crippen LogP contribution is 2.08. The monoisotopic (exact) mass is 196 g/mol. The third kappa shape index (κ3) is 1.33. The van der Waals surface area contributed by atoms with E-state index in [1.54, 1.807) is 6.20 Å². The maximum Gasteiger partial charge on any atom is 0.426 e. The summed E-state index contributed by atoms with van der Waals surface area (Å²) in [5.41, 5.74) is 0.861. The highest BCUT2D eigenvalue weighted by atomic mass is 32.2. The molecule has 0 aliphatic carbocycles. The third-order valence-corrected chi connectivity index (χ3v) is 2.16. The van der Waals surface area contributed by atoms with E-state index in [9.17, 15) is 5.21 Å². The normalized spacial score (nSPS) is 10.9. The van der Waals surface area contributed by atoms with Crippen molar-refractivity contribution in [3.8, 4) is 0 Å². The fourth-order valence-electron chi connectivity index (χ4n) is 1.09. The number of fused-ring (bicyclic) bond motifs is 1. The molecule has 0 amide bonds. The van der Waals surface area contributed by atoms with Gasteiger partial charge >= 0.3 is 5.78 Å². The molecular weight excluding hydrogens is 188 g/mol. The topological polar surface area (TPSA) is 57.1 Å². The van der Waals surface area contributed by atoms with Gasteiger partial charge in [-0.15, -0.1) is 4.52 Å². The maximum absolute atomic E-state index is 11.3. The first-order valence-electron chi connectivity index (χ1n) is 3.71. The van der Waals surface area contributed by atoms with Crippen LogP contribution in [0.25, 0.3) is 5.78 Å². The quantitative estimate of drug-likeness (QED) is 0.376. The zero-order valence-corrected chi connectivity index (χ0v) is 8.08. The van der Waals surface area contributed by atoms with Crippen LogP contribution in [0.15, 0.2) is 17.6 Å². The van der Waals surface area contributed by atoms with Gasteiger partial charge in [-0.2, -0.15) is 0 Å². The summed E-state index contributed by atoms with van der Waals surface area (Å²) >= 11 is 1.41. The van der Waals surface area contributed by atoms with Gasteiger partial charge in [-0.25, -0.2) is 4.73 Å². The Bertz CT molecular complexity index is 453. The molecule has 2 aromatic heterocycles.